The zero-order valence-corrected chi connectivity index (χ0v) is 14.1. The molecule has 12 heteroatoms. The van der Waals surface area contributed by atoms with E-state index >= 15 is 0 Å². The minimum absolute atomic E-state index is 0.0362. The van der Waals surface area contributed by atoms with Gasteiger partial charge >= 0.3 is 6.18 Å². The Hall–Kier alpha value is -2.56. The number of halogens is 9. The maximum atomic E-state index is 13.6. The van der Waals surface area contributed by atoms with Crippen LogP contribution in [0.2, 0.25) is 5.02 Å². The molecule has 2 rings (SSSR count). The van der Waals surface area contributed by atoms with E-state index in [0.717, 1.165) is 18.2 Å². The molecule has 28 heavy (non-hydrogen) atoms. The first-order valence-electron chi connectivity index (χ1n) is 7.20. The Morgan fingerprint density at radius 2 is 1.50 bits per heavy atom. The first-order valence-corrected chi connectivity index (χ1v) is 7.57. The molecule has 0 saturated heterocycles. The van der Waals surface area contributed by atoms with Crippen LogP contribution >= 0.6 is 11.6 Å². The van der Waals surface area contributed by atoms with Crippen LogP contribution in [0, 0.1) is 29.1 Å². The van der Waals surface area contributed by atoms with Crippen LogP contribution < -0.4 is 10.1 Å². The summed E-state index contributed by atoms with van der Waals surface area (Å²) in [5, 5.41) is 1.92. The summed E-state index contributed by atoms with van der Waals surface area (Å²) in [7, 11) is 0. The standard InChI is InChI=1S/C16H8ClF8NO2/c17-6-1-2-9(28-5-16(23,24)25)8(3-6)26-10(27)4-7-11(18)13(20)15(22)14(21)12(7)19/h1-3H,4-5H2,(H,26,27). The summed E-state index contributed by atoms with van der Waals surface area (Å²) >= 11 is 5.67. The normalized spacial score (nSPS) is 11.5. The second-order valence-electron chi connectivity index (χ2n) is 5.32. The van der Waals surface area contributed by atoms with Gasteiger partial charge in [-0.2, -0.15) is 13.2 Å². The van der Waals surface area contributed by atoms with Crippen LogP contribution in [0.4, 0.5) is 40.8 Å². The number of amides is 1. The van der Waals surface area contributed by atoms with Crippen molar-refractivity contribution in [3.8, 4) is 5.75 Å². The quantitative estimate of drug-likeness (QED) is 0.402. The number of carbonyl (C=O) groups excluding carboxylic acids is 1. The van der Waals surface area contributed by atoms with Gasteiger partial charge in [-0.3, -0.25) is 4.79 Å². The highest BCUT2D eigenvalue weighted by Crippen LogP contribution is 2.30. The van der Waals surface area contributed by atoms with Gasteiger partial charge in [0.05, 0.1) is 12.1 Å². The van der Waals surface area contributed by atoms with Gasteiger partial charge in [0.2, 0.25) is 11.7 Å². The van der Waals surface area contributed by atoms with Crippen LogP contribution in [0.25, 0.3) is 0 Å². The molecule has 0 aliphatic carbocycles. The van der Waals surface area contributed by atoms with E-state index in [1.807, 2.05) is 5.32 Å². The number of anilines is 1. The third-order valence-electron chi connectivity index (χ3n) is 3.25. The van der Waals surface area contributed by atoms with Crippen molar-refractivity contribution in [1.82, 2.24) is 0 Å². The Labute approximate surface area is 156 Å². The number of alkyl halides is 3. The summed E-state index contributed by atoms with van der Waals surface area (Å²) in [6.07, 6.45) is -5.99. The van der Waals surface area contributed by atoms with Crippen molar-refractivity contribution in [2.75, 3.05) is 11.9 Å². The van der Waals surface area contributed by atoms with Crippen molar-refractivity contribution in [1.29, 1.82) is 0 Å². The average molecular weight is 434 g/mol. The van der Waals surface area contributed by atoms with Gasteiger partial charge in [-0.1, -0.05) is 11.6 Å². The lowest BCUT2D eigenvalue weighted by atomic mass is 10.1. The molecule has 0 atom stereocenters. The average Bonchev–Trinajstić information content (AvgIpc) is 2.60. The van der Waals surface area contributed by atoms with Gasteiger partial charge in [-0.15, -0.1) is 0 Å². The number of ether oxygens (including phenoxy) is 1. The van der Waals surface area contributed by atoms with E-state index in [9.17, 15) is 39.9 Å². The van der Waals surface area contributed by atoms with Crippen molar-refractivity contribution in [3.05, 3.63) is 57.9 Å². The summed E-state index contributed by atoms with van der Waals surface area (Å²) in [5.41, 5.74) is -1.81. The highest BCUT2D eigenvalue weighted by Gasteiger charge is 2.29. The van der Waals surface area contributed by atoms with Crippen LogP contribution in [-0.4, -0.2) is 18.7 Å². The van der Waals surface area contributed by atoms with E-state index in [4.69, 9.17) is 11.6 Å². The molecule has 0 spiro atoms. The van der Waals surface area contributed by atoms with E-state index < -0.39 is 71.2 Å². The zero-order chi connectivity index (χ0) is 21.2. The van der Waals surface area contributed by atoms with Crippen molar-refractivity contribution in [3.63, 3.8) is 0 Å². The lowest BCUT2D eigenvalue weighted by molar-refractivity contribution is -0.153. The van der Waals surface area contributed by atoms with E-state index in [1.165, 1.54) is 0 Å². The lowest BCUT2D eigenvalue weighted by Gasteiger charge is -2.14. The largest absolute Gasteiger partial charge is 0.482 e. The number of hydrogen-bond donors (Lipinski definition) is 1. The first-order chi connectivity index (χ1) is 12.9. The molecule has 0 bridgehead atoms. The highest BCUT2D eigenvalue weighted by atomic mass is 35.5. The van der Waals surface area contributed by atoms with Crippen molar-refractivity contribution in [2.24, 2.45) is 0 Å². The number of carbonyl (C=O) groups is 1. The third-order valence-corrected chi connectivity index (χ3v) is 3.48. The summed E-state index contributed by atoms with van der Waals surface area (Å²) in [4.78, 5) is 12.0. The molecule has 1 N–H and O–H groups in total. The summed E-state index contributed by atoms with van der Waals surface area (Å²) in [6, 6.07) is 3.11. The molecule has 152 valence electrons. The number of nitrogens with one attached hydrogen (secondary N) is 1. The number of benzene rings is 2. The van der Waals surface area contributed by atoms with Gasteiger partial charge < -0.3 is 10.1 Å². The molecule has 0 unspecified atom stereocenters. The maximum Gasteiger partial charge on any atom is 0.422 e. The molecular formula is C16H8ClF8NO2. The third kappa shape index (κ3) is 5.03. The van der Waals surface area contributed by atoms with Gasteiger partial charge in [0.25, 0.3) is 0 Å². The van der Waals surface area contributed by atoms with Gasteiger partial charge in [0, 0.05) is 10.6 Å². The van der Waals surface area contributed by atoms with Crippen molar-refractivity contribution in [2.45, 2.75) is 12.6 Å². The molecule has 0 aliphatic rings. The molecule has 0 radical (unpaired) electrons. The van der Waals surface area contributed by atoms with Crippen molar-refractivity contribution >= 4 is 23.2 Å². The van der Waals surface area contributed by atoms with Crippen LogP contribution in [0.15, 0.2) is 18.2 Å². The monoisotopic (exact) mass is 433 g/mol. The molecule has 1 amide bonds. The lowest BCUT2D eigenvalue weighted by Crippen LogP contribution is -2.21. The van der Waals surface area contributed by atoms with Gasteiger partial charge in [-0.05, 0) is 18.2 Å². The van der Waals surface area contributed by atoms with Gasteiger partial charge in [0.1, 0.15) is 5.75 Å². The van der Waals surface area contributed by atoms with Gasteiger partial charge in [0.15, 0.2) is 29.9 Å². The Morgan fingerprint density at radius 3 is 2.04 bits per heavy atom. The summed E-state index contributed by atoms with van der Waals surface area (Å²) in [5.74, 6) is -13.0. The minimum atomic E-state index is -4.70. The van der Waals surface area contributed by atoms with Crippen molar-refractivity contribution < 1.29 is 44.7 Å². The maximum absolute atomic E-state index is 13.6. The molecule has 0 fully saturated rings. The molecule has 0 aromatic heterocycles. The number of hydrogen-bond acceptors (Lipinski definition) is 2. The van der Waals surface area contributed by atoms with E-state index in [-0.39, 0.29) is 5.02 Å². The highest BCUT2D eigenvalue weighted by molar-refractivity contribution is 6.31. The van der Waals surface area contributed by atoms with Crippen LogP contribution in [-0.2, 0) is 11.2 Å². The minimum Gasteiger partial charge on any atom is -0.482 e. The first kappa shape index (κ1) is 21.7. The van der Waals surface area contributed by atoms with E-state index in [1.54, 1.807) is 0 Å². The predicted molar refractivity (Wildman–Crippen MR) is 81.6 cm³/mol. The smallest absolute Gasteiger partial charge is 0.422 e. The molecule has 0 aliphatic heterocycles. The summed E-state index contributed by atoms with van der Waals surface area (Å²) < 4.78 is 108. The molecule has 2 aromatic rings. The number of rotatable bonds is 5. The molecular weight excluding hydrogens is 426 g/mol. The molecule has 2 aromatic carbocycles. The van der Waals surface area contributed by atoms with E-state index in [2.05, 4.69) is 4.74 Å². The fourth-order valence-electron chi connectivity index (χ4n) is 2.05. The van der Waals surface area contributed by atoms with E-state index in [0.29, 0.717) is 0 Å². The Bertz CT molecular complexity index is 887. The van der Waals surface area contributed by atoms with Crippen LogP contribution in [0.1, 0.15) is 5.56 Å². The fraction of sp³-hybridized carbons (Fsp3) is 0.188. The molecule has 0 heterocycles. The molecule has 3 nitrogen and oxygen atoms in total. The second kappa shape index (κ2) is 8.21. The second-order valence-corrected chi connectivity index (χ2v) is 5.75. The van der Waals surface area contributed by atoms with Crippen LogP contribution in [0.3, 0.4) is 0 Å². The summed E-state index contributed by atoms with van der Waals surface area (Å²) in [6.45, 7) is -1.71. The topological polar surface area (TPSA) is 38.3 Å². The Kier molecular flexibility index (Phi) is 6.37. The van der Waals surface area contributed by atoms with Gasteiger partial charge in [-0.25, -0.2) is 22.0 Å². The molecule has 0 saturated carbocycles. The van der Waals surface area contributed by atoms with Crippen LogP contribution in [0.5, 0.6) is 5.75 Å². The SMILES string of the molecule is O=C(Cc1c(F)c(F)c(F)c(F)c1F)Nc1cc(Cl)ccc1OCC(F)(F)F. The predicted octanol–water partition coefficient (Wildman–Crippen LogP) is 5.16. The Morgan fingerprint density at radius 1 is 0.964 bits per heavy atom. The zero-order valence-electron chi connectivity index (χ0n) is 13.4. The Balaban J connectivity index is 2.26. The fourth-order valence-corrected chi connectivity index (χ4v) is 2.22.